The molecule has 1 aromatic rings. The largest absolute Gasteiger partial charge is 0.389 e. The van der Waals surface area contributed by atoms with Crippen molar-refractivity contribution in [1.82, 2.24) is 4.90 Å². The Kier molecular flexibility index (Phi) is 4.07. The van der Waals surface area contributed by atoms with Gasteiger partial charge in [0.1, 0.15) is 5.82 Å². The molecule has 0 radical (unpaired) electrons. The molecular weight excluding hydrogens is 223 g/mol. The molecule has 0 aliphatic carbocycles. The van der Waals surface area contributed by atoms with Crippen LogP contribution in [0, 0.1) is 5.82 Å². The number of aliphatic hydroxyl groups is 1. The number of anilines is 1. The number of benzene rings is 1. The molecule has 0 aliphatic rings. The van der Waals surface area contributed by atoms with Crippen molar-refractivity contribution < 1.29 is 14.3 Å². The Morgan fingerprint density at radius 1 is 1.53 bits per heavy atom. The van der Waals surface area contributed by atoms with Gasteiger partial charge in [-0.25, -0.2) is 9.18 Å². The van der Waals surface area contributed by atoms with E-state index in [4.69, 9.17) is 0 Å². The quantitative estimate of drug-likeness (QED) is 0.849. The molecule has 0 saturated carbocycles. The van der Waals surface area contributed by atoms with Crippen LogP contribution in [0.5, 0.6) is 0 Å². The molecular formula is C12H17FN2O2. The number of likely N-dealkylation sites (N-methyl/N-ethyl adjacent to an activating group) is 1. The number of halogens is 1. The zero-order chi connectivity index (χ0) is 13.1. The van der Waals surface area contributed by atoms with Crippen molar-refractivity contribution in [3.8, 4) is 0 Å². The fraction of sp³-hybridized carbons (Fsp3) is 0.417. The van der Waals surface area contributed by atoms with Gasteiger partial charge in [0.25, 0.3) is 0 Å². The highest BCUT2D eigenvalue weighted by molar-refractivity contribution is 5.89. The molecule has 17 heavy (non-hydrogen) atoms. The van der Waals surface area contributed by atoms with Crippen LogP contribution in [0.3, 0.4) is 0 Å². The van der Waals surface area contributed by atoms with Gasteiger partial charge in [0.15, 0.2) is 0 Å². The molecule has 0 bridgehead atoms. The van der Waals surface area contributed by atoms with Crippen LogP contribution in [-0.4, -0.2) is 35.2 Å². The molecule has 2 amide bonds. The van der Waals surface area contributed by atoms with Crippen molar-refractivity contribution >= 4 is 11.7 Å². The third kappa shape index (κ3) is 4.82. The maximum absolute atomic E-state index is 12.9. The first-order valence-corrected chi connectivity index (χ1v) is 5.28. The lowest BCUT2D eigenvalue weighted by atomic mass is 10.1. The maximum atomic E-state index is 12.9. The molecule has 0 saturated heterocycles. The minimum absolute atomic E-state index is 0.189. The number of nitrogens with one attached hydrogen (secondary N) is 1. The molecule has 0 aliphatic heterocycles. The molecule has 0 heterocycles. The number of carbonyl (C=O) groups excluding carboxylic acids is 1. The number of rotatable bonds is 3. The summed E-state index contributed by atoms with van der Waals surface area (Å²) in [6, 6.07) is 5.25. The summed E-state index contributed by atoms with van der Waals surface area (Å²) in [4.78, 5) is 13.0. The van der Waals surface area contributed by atoms with E-state index in [1.807, 2.05) is 0 Å². The van der Waals surface area contributed by atoms with Crippen LogP contribution >= 0.6 is 0 Å². The summed E-state index contributed by atoms with van der Waals surface area (Å²) in [5, 5.41) is 12.1. The normalized spacial score (nSPS) is 11.1. The lowest BCUT2D eigenvalue weighted by Crippen LogP contribution is -2.41. The van der Waals surface area contributed by atoms with Gasteiger partial charge in [-0.3, -0.25) is 0 Å². The summed E-state index contributed by atoms with van der Waals surface area (Å²) in [6.45, 7) is 3.41. The van der Waals surface area contributed by atoms with E-state index in [0.29, 0.717) is 5.69 Å². The molecule has 94 valence electrons. The first-order chi connectivity index (χ1) is 7.78. The smallest absolute Gasteiger partial charge is 0.321 e. The SMILES string of the molecule is CN(CC(C)(C)O)C(=O)Nc1cccc(F)c1. The van der Waals surface area contributed by atoms with Crippen molar-refractivity contribution in [1.29, 1.82) is 0 Å². The van der Waals surface area contributed by atoms with E-state index in [0.717, 1.165) is 0 Å². The lowest BCUT2D eigenvalue weighted by molar-refractivity contribution is 0.0550. The molecule has 0 atom stereocenters. The average Bonchev–Trinajstić information content (AvgIpc) is 2.14. The Balaban J connectivity index is 2.60. The van der Waals surface area contributed by atoms with E-state index in [-0.39, 0.29) is 6.54 Å². The van der Waals surface area contributed by atoms with Crippen LogP contribution < -0.4 is 5.32 Å². The zero-order valence-corrected chi connectivity index (χ0v) is 10.2. The third-order valence-corrected chi connectivity index (χ3v) is 2.05. The summed E-state index contributed by atoms with van der Waals surface area (Å²) in [5.41, 5.74) is -0.578. The molecule has 0 unspecified atom stereocenters. The van der Waals surface area contributed by atoms with Gasteiger partial charge in [0.2, 0.25) is 0 Å². The lowest BCUT2D eigenvalue weighted by Gasteiger charge is -2.25. The Morgan fingerprint density at radius 2 is 2.18 bits per heavy atom. The van der Waals surface area contributed by atoms with Crippen LogP contribution in [0.15, 0.2) is 24.3 Å². The van der Waals surface area contributed by atoms with Crippen molar-refractivity contribution in [3.63, 3.8) is 0 Å². The van der Waals surface area contributed by atoms with Gasteiger partial charge in [-0.05, 0) is 32.0 Å². The number of amides is 2. The monoisotopic (exact) mass is 240 g/mol. The number of nitrogens with zero attached hydrogens (tertiary/aromatic N) is 1. The van der Waals surface area contributed by atoms with Crippen molar-refractivity contribution in [2.45, 2.75) is 19.4 Å². The fourth-order valence-electron chi connectivity index (χ4n) is 1.44. The summed E-state index contributed by atoms with van der Waals surface area (Å²) in [7, 11) is 1.56. The minimum Gasteiger partial charge on any atom is -0.389 e. The highest BCUT2D eigenvalue weighted by atomic mass is 19.1. The van der Waals surface area contributed by atoms with Crippen LogP contribution in [0.4, 0.5) is 14.9 Å². The number of hydrogen-bond acceptors (Lipinski definition) is 2. The Morgan fingerprint density at radius 3 is 2.71 bits per heavy atom. The van der Waals surface area contributed by atoms with Crippen LogP contribution in [0.1, 0.15) is 13.8 Å². The first kappa shape index (κ1) is 13.4. The van der Waals surface area contributed by atoms with E-state index in [9.17, 15) is 14.3 Å². The van der Waals surface area contributed by atoms with Gasteiger partial charge in [0.05, 0.1) is 12.1 Å². The Labute approximate surface area is 100 Å². The van der Waals surface area contributed by atoms with Crippen molar-refractivity contribution in [2.24, 2.45) is 0 Å². The van der Waals surface area contributed by atoms with E-state index in [1.165, 1.54) is 23.1 Å². The summed E-state index contributed by atoms with van der Waals surface area (Å²) in [5.74, 6) is -0.409. The van der Waals surface area contributed by atoms with Gasteiger partial charge in [0, 0.05) is 12.7 Å². The van der Waals surface area contributed by atoms with Crippen molar-refractivity contribution in [2.75, 3.05) is 18.9 Å². The predicted octanol–water partition coefficient (Wildman–Crippen LogP) is 2.06. The second-order valence-electron chi connectivity index (χ2n) is 4.61. The van der Waals surface area contributed by atoms with Crippen LogP contribution in [0.25, 0.3) is 0 Å². The average molecular weight is 240 g/mol. The van der Waals surface area contributed by atoms with E-state index >= 15 is 0 Å². The molecule has 4 nitrogen and oxygen atoms in total. The Hall–Kier alpha value is -1.62. The zero-order valence-electron chi connectivity index (χ0n) is 10.2. The third-order valence-electron chi connectivity index (χ3n) is 2.05. The second kappa shape index (κ2) is 5.14. The number of carbonyl (C=O) groups is 1. The standard InChI is InChI=1S/C12H17FN2O2/c1-12(2,17)8-15(3)11(16)14-10-6-4-5-9(13)7-10/h4-7,17H,8H2,1-3H3,(H,14,16). The molecule has 0 aromatic heterocycles. The van der Waals surface area contributed by atoms with Crippen LogP contribution in [-0.2, 0) is 0 Å². The molecule has 1 aromatic carbocycles. The summed E-state index contributed by atoms with van der Waals surface area (Å²) in [6.07, 6.45) is 0. The highest BCUT2D eigenvalue weighted by Gasteiger charge is 2.19. The first-order valence-electron chi connectivity index (χ1n) is 5.28. The van der Waals surface area contributed by atoms with E-state index in [2.05, 4.69) is 5.32 Å². The van der Waals surface area contributed by atoms with Gasteiger partial charge in [-0.1, -0.05) is 6.07 Å². The highest BCUT2D eigenvalue weighted by Crippen LogP contribution is 2.10. The van der Waals surface area contributed by atoms with Crippen LogP contribution in [0.2, 0.25) is 0 Å². The van der Waals surface area contributed by atoms with Gasteiger partial charge < -0.3 is 15.3 Å². The molecule has 5 heteroatoms. The van der Waals surface area contributed by atoms with Gasteiger partial charge in [-0.15, -0.1) is 0 Å². The maximum Gasteiger partial charge on any atom is 0.321 e. The predicted molar refractivity (Wildman–Crippen MR) is 64.3 cm³/mol. The molecule has 0 spiro atoms. The number of hydrogen-bond donors (Lipinski definition) is 2. The minimum atomic E-state index is -0.964. The fourth-order valence-corrected chi connectivity index (χ4v) is 1.44. The molecule has 0 fully saturated rings. The molecule has 1 rings (SSSR count). The van der Waals surface area contributed by atoms with Crippen molar-refractivity contribution in [3.05, 3.63) is 30.1 Å². The van der Waals surface area contributed by atoms with Gasteiger partial charge in [-0.2, -0.15) is 0 Å². The van der Waals surface area contributed by atoms with Gasteiger partial charge >= 0.3 is 6.03 Å². The second-order valence-corrected chi connectivity index (χ2v) is 4.61. The van der Waals surface area contributed by atoms with E-state index in [1.54, 1.807) is 27.0 Å². The number of urea groups is 1. The van der Waals surface area contributed by atoms with E-state index < -0.39 is 17.4 Å². The summed E-state index contributed by atoms with van der Waals surface area (Å²) < 4.78 is 12.9. The summed E-state index contributed by atoms with van der Waals surface area (Å²) >= 11 is 0. The Bertz CT molecular complexity index is 402. The molecule has 2 N–H and O–H groups in total. The topological polar surface area (TPSA) is 52.6 Å².